The van der Waals surface area contributed by atoms with Crippen LogP contribution in [0.15, 0.2) is 24.3 Å². The second kappa shape index (κ2) is 6.62. The molecule has 0 heterocycles. The average molecular weight is 206 g/mol. The summed E-state index contributed by atoms with van der Waals surface area (Å²) >= 11 is 0. The van der Waals surface area contributed by atoms with Crippen molar-refractivity contribution in [3.8, 4) is 0 Å². The molecule has 0 saturated carbocycles. The predicted octanol–water partition coefficient (Wildman–Crippen LogP) is 3.34. The zero-order valence-corrected chi connectivity index (χ0v) is 9.87. The van der Waals surface area contributed by atoms with Crippen LogP contribution in [0, 0.1) is 0 Å². The normalized spacial score (nSPS) is 12.7. The van der Waals surface area contributed by atoms with Crippen molar-refractivity contribution in [3.63, 3.8) is 0 Å². The zero-order chi connectivity index (χ0) is 11.1. The van der Waals surface area contributed by atoms with E-state index in [4.69, 9.17) is 0 Å². The molecule has 1 N–H and O–H groups in total. The largest absolute Gasteiger partial charge is 0.393 e. The summed E-state index contributed by atoms with van der Waals surface area (Å²) in [6.07, 6.45) is 4.96. The first-order chi connectivity index (χ1) is 7.26. The van der Waals surface area contributed by atoms with Crippen molar-refractivity contribution in [1.82, 2.24) is 0 Å². The van der Waals surface area contributed by atoms with Gasteiger partial charge in [0.15, 0.2) is 0 Å². The van der Waals surface area contributed by atoms with Crippen molar-refractivity contribution < 1.29 is 5.11 Å². The van der Waals surface area contributed by atoms with Gasteiger partial charge in [-0.05, 0) is 43.2 Å². The van der Waals surface area contributed by atoms with E-state index in [0.717, 1.165) is 32.1 Å². The number of hydrogen-bond acceptors (Lipinski definition) is 1. The molecule has 15 heavy (non-hydrogen) atoms. The number of benzene rings is 1. The first kappa shape index (κ1) is 12.3. The second-order valence-electron chi connectivity index (χ2n) is 4.12. The lowest BCUT2D eigenvalue weighted by Gasteiger charge is -2.07. The van der Waals surface area contributed by atoms with Crippen LogP contribution >= 0.6 is 0 Å². The highest BCUT2D eigenvalue weighted by Crippen LogP contribution is 2.10. The summed E-state index contributed by atoms with van der Waals surface area (Å²) in [5.74, 6) is 0. The van der Waals surface area contributed by atoms with Gasteiger partial charge in [-0.3, -0.25) is 0 Å². The van der Waals surface area contributed by atoms with Gasteiger partial charge in [0.1, 0.15) is 0 Å². The van der Waals surface area contributed by atoms with Crippen molar-refractivity contribution in [2.75, 3.05) is 0 Å². The summed E-state index contributed by atoms with van der Waals surface area (Å²) in [5.41, 5.74) is 2.78. The van der Waals surface area contributed by atoms with Gasteiger partial charge in [0.2, 0.25) is 0 Å². The van der Waals surface area contributed by atoms with Crippen LogP contribution in [0.4, 0.5) is 0 Å². The second-order valence-corrected chi connectivity index (χ2v) is 4.12. The average Bonchev–Trinajstić information content (AvgIpc) is 2.29. The van der Waals surface area contributed by atoms with Crippen LogP contribution in [-0.2, 0) is 12.8 Å². The van der Waals surface area contributed by atoms with Gasteiger partial charge in [-0.2, -0.15) is 0 Å². The SMILES string of the molecule is CCc1ccc(CCCC(O)CC)cc1. The summed E-state index contributed by atoms with van der Waals surface area (Å²) in [5, 5.41) is 9.42. The Balaban J connectivity index is 2.31. The van der Waals surface area contributed by atoms with E-state index in [9.17, 15) is 5.11 Å². The lowest BCUT2D eigenvalue weighted by Crippen LogP contribution is -2.04. The van der Waals surface area contributed by atoms with Crippen LogP contribution in [-0.4, -0.2) is 11.2 Å². The molecule has 1 heteroatoms. The zero-order valence-electron chi connectivity index (χ0n) is 9.87. The molecule has 1 atom stereocenters. The first-order valence-corrected chi connectivity index (χ1v) is 6.02. The van der Waals surface area contributed by atoms with Gasteiger partial charge in [-0.15, -0.1) is 0 Å². The molecule has 1 aromatic carbocycles. The van der Waals surface area contributed by atoms with Crippen LogP contribution in [0.5, 0.6) is 0 Å². The van der Waals surface area contributed by atoms with Crippen LogP contribution in [0.3, 0.4) is 0 Å². The fraction of sp³-hybridized carbons (Fsp3) is 0.571. The Kier molecular flexibility index (Phi) is 5.41. The van der Waals surface area contributed by atoms with Gasteiger partial charge >= 0.3 is 0 Å². The number of hydrogen-bond donors (Lipinski definition) is 1. The topological polar surface area (TPSA) is 20.2 Å². The van der Waals surface area contributed by atoms with Crippen LogP contribution in [0.2, 0.25) is 0 Å². The molecular formula is C14H22O. The molecule has 0 amide bonds. The maximum absolute atomic E-state index is 9.42. The third-order valence-electron chi connectivity index (χ3n) is 2.91. The lowest BCUT2D eigenvalue weighted by molar-refractivity contribution is 0.158. The van der Waals surface area contributed by atoms with E-state index in [-0.39, 0.29) is 6.10 Å². The highest BCUT2D eigenvalue weighted by atomic mass is 16.3. The van der Waals surface area contributed by atoms with E-state index >= 15 is 0 Å². The number of aryl methyl sites for hydroxylation is 2. The van der Waals surface area contributed by atoms with Crippen molar-refractivity contribution >= 4 is 0 Å². The Labute approximate surface area is 93.1 Å². The summed E-state index contributed by atoms with van der Waals surface area (Å²) in [7, 11) is 0. The van der Waals surface area contributed by atoms with Gasteiger partial charge in [0, 0.05) is 0 Å². The maximum Gasteiger partial charge on any atom is 0.0537 e. The van der Waals surface area contributed by atoms with Gasteiger partial charge in [0.25, 0.3) is 0 Å². The fourth-order valence-electron chi connectivity index (χ4n) is 1.69. The third kappa shape index (κ3) is 4.48. The van der Waals surface area contributed by atoms with E-state index < -0.39 is 0 Å². The van der Waals surface area contributed by atoms with Gasteiger partial charge in [0.05, 0.1) is 6.10 Å². The van der Waals surface area contributed by atoms with Crippen molar-refractivity contribution in [1.29, 1.82) is 0 Å². The first-order valence-electron chi connectivity index (χ1n) is 6.02. The highest BCUT2D eigenvalue weighted by molar-refractivity contribution is 5.22. The summed E-state index contributed by atoms with van der Waals surface area (Å²) in [6, 6.07) is 8.81. The molecule has 0 fully saturated rings. The monoisotopic (exact) mass is 206 g/mol. The molecule has 1 unspecified atom stereocenters. The molecule has 0 aliphatic heterocycles. The van der Waals surface area contributed by atoms with E-state index in [2.05, 4.69) is 31.2 Å². The van der Waals surface area contributed by atoms with E-state index in [1.54, 1.807) is 0 Å². The summed E-state index contributed by atoms with van der Waals surface area (Å²) < 4.78 is 0. The minimum absolute atomic E-state index is 0.111. The molecule has 1 aromatic rings. The van der Waals surface area contributed by atoms with Crippen molar-refractivity contribution in [3.05, 3.63) is 35.4 Å². The minimum atomic E-state index is -0.111. The summed E-state index contributed by atoms with van der Waals surface area (Å²) in [6.45, 7) is 4.20. The quantitative estimate of drug-likeness (QED) is 0.757. The predicted molar refractivity (Wildman–Crippen MR) is 65.1 cm³/mol. The molecule has 1 nitrogen and oxygen atoms in total. The maximum atomic E-state index is 9.42. The Morgan fingerprint density at radius 2 is 1.67 bits per heavy atom. The summed E-state index contributed by atoms with van der Waals surface area (Å²) in [4.78, 5) is 0. The van der Waals surface area contributed by atoms with Gasteiger partial charge < -0.3 is 5.11 Å². The molecule has 0 aromatic heterocycles. The van der Waals surface area contributed by atoms with E-state index in [1.807, 2.05) is 6.92 Å². The van der Waals surface area contributed by atoms with E-state index in [1.165, 1.54) is 11.1 Å². The van der Waals surface area contributed by atoms with E-state index in [0.29, 0.717) is 0 Å². The third-order valence-corrected chi connectivity index (χ3v) is 2.91. The fourth-order valence-corrected chi connectivity index (χ4v) is 1.69. The van der Waals surface area contributed by atoms with Gasteiger partial charge in [-0.25, -0.2) is 0 Å². The molecule has 0 radical (unpaired) electrons. The molecule has 0 bridgehead atoms. The smallest absolute Gasteiger partial charge is 0.0537 e. The Hall–Kier alpha value is -0.820. The Bertz CT molecular complexity index is 263. The lowest BCUT2D eigenvalue weighted by atomic mass is 10.0. The highest BCUT2D eigenvalue weighted by Gasteiger charge is 2.00. The van der Waals surface area contributed by atoms with Crippen LogP contribution in [0.25, 0.3) is 0 Å². The van der Waals surface area contributed by atoms with Crippen molar-refractivity contribution in [2.45, 2.75) is 52.1 Å². The molecule has 0 saturated heterocycles. The number of rotatable bonds is 6. The van der Waals surface area contributed by atoms with Gasteiger partial charge in [-0.1, -0.05) is 38.1 Å². The molecule has 1 rings (SSSR count). The van der Waals surface area contributed by atoms with Crippen LogP contribution < -0.4 is 0 Å². The van der Waals surface area contributed by atoms with Crippen molar-refractivity contribution in [2.24, 2.45) is 0 Å². The molecule has 0 spiro atoms. The Morgan fingerprint density at radius 3 is 2.20 bits per heavy atom. The molecule has 84 valence electrons. The molecule has 0 aliphatic carbocycles. The number of aliphatic hydroxyl groups is 1. The minimum Gasteiger partial charge on any atom is -0.393 e. The number of aliphatic hydroxyl groups excluding tert-OH is 1. The standard InChI is InChI=1S/C14H22O/c1-3-12-8-10-13(11-9-12)6-5-7-14(15)4-2/h8-11,14-15H,3-7H2,1-2H3. The van der Waals surface area contributed by atoms with Crippen LogP contribution in [0.1, 0.15) is 44.2 Å². The molecular weight excluding hydrogens is 184 g/mol. The molecule has 0 aliphatic rings. The Morgan fingerprint density at radius 1 is 1.07 bits per heavy atom.